The van der Waals surface area contributed by atoms with Crippen molar-refractivity contribution in [1.29, 1.82) is 0 Å². The predicted molar refractivity (Wildman–Crippen MR) is 46.5 cm³/mol. The molecule has 0 saturated heterocycles. The summed E-state index contributed by atoms with van der Waals surface area (Å²) in [6.07, 6.45) is 1.16. The summed E-state index contributed by atoms with van der Waals surface area (Å²) in [5.41, 5.74) is 0. The second-order valence-electron chi connectivity index (χ2n) is 2.11. The maximum absolute atomic E-state index is 10.6. The van der Waals surface area contributed by atoms with Gasteiger partial charge in [-0.25, -0.2) is 0 Å². The van der Waals surface area contributed by atoms with Crippen molar-refractivity contribution in [2.45, 2.75) is 26.7 Å². The SMILES string of the molecule is CCCC(=O)OCC(C)=O.[AlH3]. The van der Waals surface area contributed by atoms with Crippen molar-refractivity contribution >= 4 is 29.1 Å². The van der Waals surface area contributed by atoms with Crippen molar-refractivity contribution in [1.82, 2.24) is 0 Å². The number of rotatable bonds is 4. The highest BCUT2D eigenvalue weighted by Gasteiger charge is 2.00. The van der Waals surface area contributed by atoms with E-state index in [1.807, 2.05) is 6.92 Å². The van der Waals surface area contributed by atoms with Gasteiger partial charge in [0.1, 0.15) is 6.61 Å². The lowest BCUT2D eigenvalue weighted by atomic mass is 10.3. The highest BCUT2D eigenvalue weighted by atomic mass is 27.0. The lowest BCUT2D eigenvalue weighted by Crippen LogP contribution is -2.10. The zero-order valence-corrected chi connectivity index (χ0v) is 6.35. The zero-order chi connectivity index (χ0) is 7.98. The molecule has 0 aromatic rings. The Labute approximate surface area is 77.2 Å². The Balaban J connectivity index is 0. The van der Waals surface area contributed by atoms with E-state index >= 15 is 0 Å². The third kappa shape index (κ3) is 9.67. The van der Waals surface area contributed by atoms with Gasteiger partial charge in [0.2, 0.25) is 0 Å². The fraction of sp³-hybridized carbons (Fsp3) is 0.714. The van der Waals surface area contributed by atoms with Gasteiger partial charge >= 0.3 is 5.97 Å². The Kier molecular flexibility index (Phi) is 9.38. The van der Waals surface area contributed by atoms with Crippen LogP contribution in [0, 0.1) is 0 Å². The van der Waals surface area contributed by atoms with Gasteiger partial charge in [-0.15, -0.1) is 0 Å². The van der Waals surface area contributed by atoms with Gasteiger partial charge in [-0.2, -0.15) is 0 Å². The molecule has 0 aromatic heterocycles. The minimum Gasteiger partial charge on any atom is -0.458 e. The summed E-state index contributed by atoms with van der Waals surface area (Å²) < 4.78 is 4.56. The van der Waals surface area contributed by atoms with Crippen molar-refractivity contribution < 1.29 is 14.3 Å². The van der Waals surface area contributed by atoms with Crippen LogP contribution in [0.1, 0.15) is 26.7 Å². The van der Waals surface area contributed by atoms with Crippen molar-refractivity contribution in [2.24, 2.45) is 0 Å². The normalized spacial score (nSPS) is 8.18. The van der Waals surface area contributed by atoms with Gasteiger partial charge in [-0.3, -0.25) is 9.59 Å². The van der Waals surface area contributed by atoms with E-state index < -0.39 is 0 Å². The summed E-state index contributed by atoms with van der Waals surface area (Å²) in [5.74, 6) is -0.415. The number of Topliss-reactive ketones (excluding diaryl/α,β-unsaturated/α-hetero) is 1. The summed E-state index contributed by atoms with van der Waals surface area (Å²) in [6.45, 7) is 3.19. The minimum atomic E-state index is -0.294. The standard InChI is InChI=1S/C7H12O3.Al.3H/c1-3-4-7(9)10-5-6(2)8;;;;/h3-5H2,1-2H3;;;;. The second-order valence-corrected chi connectivity index (χ2v) is 2.11. The van der Waals surface area contributed by atoms with E-state index in [2.05, 4.69) is 4.74 Å². The molecule has 0 N–H and O–H groups in total. The molecule has 3 nitrogen and oxygen atoms in total. The first-order valence-electron chi connectivity index (χ1n) is 3.32. The average molecular weight is 174 g/mol. The number of esters is 1. The number of ketones is 1. The molecule has 64 valence electrons. The second kappa shape index (κ2) is 7.78. The zero-order valence-electron chi connectivity index (χ0n) is 6.35. The molecular formula is C7H15AlO3. The molecule has 0 rings (SSSR count). The van der Waals surface area contributed by atoms with E-state index in [0.29, 0.717) is 6.42 Å². The van der Waals surface area contributed by atoms with Gasteiger partial charge in [0, 0.05) is 6.42 Å². The average Bonchev–Trinajstić information content (AvgIpc) is 1.85. The van der Waals surface area contributed by atoms with E-state index in [1.54, 1.807) is 0 Å². The van der Waals surface area contributed by atoms with Gasteiger partial charge < -0.3 is 4.74 Å². The molecule has 0 aliphatic carbocycles. The molecule has 0 aromatic carbocycles. The van der Waals surface area contributed by atoms with Crippen LogP contribution in [0.25, 0.3) is 0 Å². The van der Waals surface area contributed by atoms with Gasteiger partial charge in [-0.05, 0) is 13.3 Å². The number of ether oxygens (including phenoxy) is 1. The molecule has 0 amide bonds. The lowest BCUT2D eigenvalue weighted by molar-refractivity contribution is -0.147. The minimum absolute atomic E-state index is 0. The maximum atomic E-state index is 10.6. The van der Waals surface area contributed by atoms with E-state index in [4.69, 9.17) is 0 Å². The summed E-state index contributed by atoms with van der Waals surface area (Å²) in [6, 6.07) is 0. The van der Waals surface area contributed by atoms with E-state index in [0.717, 1.165) is 6.42 Å². The lowest BCUT2D eigenvalue weighted by Gasteiger charge is -1.98. The van der Waals surface area contributed by atoms with Crippen molar-refractivity contribution in [3.8, 4) is 0 Å². The molecule has 0 saturated carbocycles. The number of carbonyl (C=O) groups excluding carboxylic acids is 2. The molecule has 0 aliphatic rings. The Bertz CT molecular complexity index is 134. The summed E-state index contributed by atoms with van der Waals surface area (Å²) in [5, 5.41) is 0. The Morgan fingerprint density at radius 1 is 1.36 bits per heavy atom. The molecular weight excluding hydrogens is 159 g/mol. The summed E-state index contributed by atoms with van der Waals surface area (Å²) in [4.78, 5) is 20.8. The highest BCUT2D eigenvalue weighted by molar-refractivity contribution is 5.80. The molecule has 0 aliphatic heterocycles. The third-order valence-corrected chi connectivity index (χ3v) is 0.891. The molecule has 0 unspecified atom stereocenters. The molecule has 11 heavy (non-hydrogen) atoms. The van der Waals surface area contributed by atoms with Crippen LogP contribution in [-0.2, 0) is 14.3 Å². The van der Waals surface area contributed by atoms with Gasteiger partial charge in [0.05, 0.1) is 0 Å². The molecule has 0 spiro atoms. The molecule has 0 radical (unpaired) electrons. The molecule has 4 heteroatoms. The summed E-state index contributed by atoms with van der Waals surface area (Å²) >= 11 is 0. The highest BCUT2D eigenvalue weighted by Crippen LogP contribution is 1.90. The third-order valence-electron chi connectivity index (χ3n) is 0.891. The van der Waals surface area contributed by atoms with Gasteiger partial charge in [-0.1, -0.05) is 6.92 Å². The number of carbonyl (C=O) groups is 2. The first kappa shape index (κ1) is 13.3. The number of hydrogen-bond acceptors (Lipinski definition) is 3. The van der Waals surface area contributed by atoms with Gasteiger partial charge in [0.25, 0.3) is 0 Å². The van der Waals surface area contributed by atoms with E-state index in [9.17, 15) is 9.59 Å². The topological polar surface area (TPSA) is 43.4 Å². The maximum Gasteiger partial charge on any atom is 0.306 e. The predicted octanol–water partition coefficient (Wildman–Crippen LogP) is -0.265. The van der Waals surface area contributed by atoms with Crippen LogP contribution in [0.4, 0.5) is 0 Å². The van der Waals surface area contributed by atoms with Crippen LogP contribution in [-0.4, -0.2) is 35.7 Å². The van der Waals surface area contributed by atoms with Gasteiger partial charge in [0.15, 0.2) is 23.1 Å². The largest absolute Gasteiger partial charge is 0.458 e. The van der Waals surface area contributed by atoms with Crippen LogP contribution in [0.2, 0.25) is 0 Å². The van der Waals surface area contributed by atoms with Crippen LogP contribution < -0.4 is 0 Å². The van der Waals surface area contributed by atoms with Crippen molar-refractivity contribution in [3.05, 3.63) is 0 Å². The Morgan fingerprint density at radius 2 is 1.91 bits per heavy atom. The smallest absolute Gasteiger partial charge is 0.306 e. The van der Waals surface area contributed by atoms with Crippen LogP contribution in [0.5, 0.6) is 0 Å². The molecule has 0 bridgehead atoms. The van der Waals surface area contributed by atoms with Crippen LogP contribution >= 0.6 is 0 Å². The van der Waals surface area contributed by atoms with Crippen LogP contribution in [0.15, 0.2) is 0 Å². The fourth-order valence-electron chi connectivity index (χ4n) is 0.458. The van der Waals surface area contributed by atoms with E-state index in [1.165, 1.54) is 6.92 Å². The quantitative estimate of drug-likeness (QED) is 0.435. The molecule has 0 heterocycles. The first-order valence-corrected chi connectivity index (χ1v) is 3.32. The fourth-order valence-corrected chi connectivity index (χ4v) is 0.458. The van der Waals surface area contributed by atoms with Crippen LogP contribution in [0.3, 0.4) is 0 Å². The molecule has 0 fully saturated rings. The molecule has 0 atom stereocenters. The monoisotopic (exact) mass is 174 g/mol. The Morgan fingerprint density at radius 3 is 2.27 bits per heavy atom. The summed E-state index contributed by atoms with van der Waals surface area (Å²) in [7, 11) is 0. The number of hydrogen-bond donors (Lipinski definition) is 0. The van der Waals surface area contributed by atoms with E-state index in [-0.39, 0.29) is 35.7 Å². The Hall–Kier alpha value is -0.328. The first-order chi connectivity index (χ1) is 4.66. The van der Waals surface area contributed by atoms with Crippen molar-refractivity contribution in [2.75, 3.05) is 6.61 Å². The van der Waals surface area contributed by atoms with Crippen molar-refractivity contribution in [3.63, 3.8) is 0 Å².